The molecule has 0 saturated carbocycles. The molecule has 0 bridgehead atoms. The number of likely N-dealkylation sites (tertiary alicyclic amines) is 1. The van der Waals surface area contributed by atoms with Crippen LogP contribution in [0.2, 0.25) is 10.0 Å². The predicted molar refractivity (Wildman–Crippen MR) is 140 cm³/mol. The first-order valence-electron chi connectivity index (χ1n) is 10.2. The molecule has 0 atom stereocenters. The van der Waals surface area contributed by atoms with Crippen LogP contribution in [0.4, 0.5) is 5.69 Å². The Morgan fingerprint density at radius 1 is 1.15 bits per heavy atom. The molecule has 1 fully saturated rings. The van der Waals surface area contributed by atoms with Crippen molar-refractivity contribution in [3.63, 3.8) is 0 Å². The van der Waals surface area contributed by atoms with Crippen LogP contribution >= 0.6 is 48.0 Å². The Balaban J connectivity index is 0.00000193. The second kappa shape index (κ2) is 11.1. The lowest BCUT2D eigenvalue weighted by Crippen LogP contribution is -2.42. The summed E-state index contributed by atoms with van der Waals surface area (Å²) >= 11 is 12.2. The first-order chi connectivity index (χ1) is 14.8. The van der Waals surface area contributed by atoms with Gasteiger partial charge >= 0.3 is 0 Å². The van der Waals surface area contributed by atoms with Gasteiger partial charge in [-0.1, -0.05) is 23.2 Å². The van der Waals surface area contributed by atoms with E-state index in [4.69, 9.17) is 28.2 Å². The van der Waals surface area contributed by atoms with E-state index in [2.05, 4.69) is 21.8 Å². The molecule has 0 spiro atoms. The number of hydrogen-bond acceptors (Lipinski definition) is 6. The molecule has 33 heavy (non-hydrogen) atoms. The van der Waals surface area contributed by atoms with E-state index in [0.717, 1.165) is 31.6 Å². The second-order valence-corrected chi connectivity index (χ2v) is 8.89. The largest absolute Gasteiger partial charge is 0.505 e. The molecule has 1 N–H and O–H groups in total. The molecule has 3 heterocycles. The van der Waals surface area contributed by atoms with Gasteiger partial charge in [0.1, 0.15) is 5.52 Å². The average Bonchev–Trinajstić information content (AvgIpc) is 2.75. The monoisotopic (exact) mass is 530 g/mol. The number of aromatic nitrogens is 2. The molecule has 10 heteroatoms. The summed E-state index contributed by atoms with van der Waals surface area (Å²) < 4.78 is 0. The fourth-order valence-corrected chi connectivity index (χ4v) is 4.59. The zero-order valence-electron chi connectivity index (χ0n) is 18.5. The molecule has 178 valence electrons. The lowest BCUT2D eigenvalue weighted by molar-refractivity contribution is 0.101. The van der Waals surface area contributed by atoms with Crippen molar-refractivity contribution in [2.75, 3.05) is 32.1 Å². The van der Waals surface area contributed by atoms with Gasteiger partial charge in [0.15, 0.2) is 11.5 Å². The zero-order chi connectivity index (χ0) is 22.3. The molecule has 1 aromatic carbocycles. The third-order valence-electron chi connectivity index (χ3n) is 5.97. The summed E-state index contributed by atoms with van der Waals surface area (Å²) in [4.78, 5) is 26.3. The molecule has 0 amide bonds. The Kier molecular flexibility index (Phi) is 9.19. The summed E-state index contributed by atoms with van der Waals surface area (Å²) in [6.07, 6.45) is 3.66. The Morgan fingerprint density at radius 3 is 2.33 bits per heavy atom. The number of hydrogen-bond donors (Lipinski definition) is 1. The number of pyridine rings is 2. The molecule has 6 nitrogen and oxygen atoms in total. The van der Waals surface area contributed by atoms with E-state index in [9.17, 15) is 9.90 Å². The number of benzene rings is 1. The van der Waals surface area contributed by atoms with Crippen LogP contribution in [0.1, 0.15) is 30.1 Å². The van der Waals surface area contributed by atoms with Crippen LogP contribution in [0.5, 0.6) is 5.75 Å². The molecule has 1 aliphatic heterocycles. The van der Waals surface area contributed by atoms with Crippen LogP contribution in [0.25, 0.3) is 22.3 Å². The Hall–Kier alpha value is -1.83. The van der Waals surface area contributed by atoms with E-state index >= 15 is 0 Å². The Labute approximate surface area is 215 Å². The van der Waals surface area contributed by atoms with Gasteiger partial charge in [-0.05, 0) is 64.2 Å². The molecule has 1 saturated heterocycles. The van der Waals surface area contributed by atoms with Crippen LogP contribution in [-0.4, -0.2) is 59.0 Å². The maximum Gasteiger partial charge on any atom is 0.163 e. The number of nitrogens with zero attached hydrogens (tertiary/aromatic N) is 4. The minimum Gasteiger partial charge on any atom is -0.505 e. The lowest BCUT2D eigenvalue weighted by Gasteiger charge is -2.37. The highest BCUT2D eigenvalue weighted by molar-refractivity contribution is 6.37. The maximum absolute atomic E-state index is 12.5. The van der Waals surface area contributed by atoms with Crippen LogP contribution in [0.15, 0.2) is 30.5 Å². The number of piperidine rings is 1. The maximum atomic E-state index is 12.5. The summed E-state index contributed by atoms with van der Waals surface area (Å²) in [5.41, 5.74) is 4.03. The first kappa shape index (κ1) is 27.4. The van der Waals surface area contributed by atoms with Crippen LogP contribution in [0.3, 0.4) is 0 Å². The van der Waals surface area contributed by atoms with E-state index in [1.165, 1.54) is 0 Å². The third kappa shape index (κ3) is 5.47. The number of carbonyl (C=O) groups is 1. The first-order valence-corrected chi connectivity index (χ1v) is 10.9. The van der Waals surface area contributed by atoms with Crippen molar-refractivity contribution in [2.24, 2.45) is 0 Å². The van der Waals surface area contributed by atoms with Crippen molar-refractivity contribution in [1.29, 1.82) is 0 Å². The van der Waals surface area contributed by atoms with E-state index in [0.29, 0.717) is 33.9 Å². The molecule has 4 rings (SSSR count). The molecule has 1 aliphatic rings. The van der Waals surface area contributed by atoms with Gasteiger partial charge in [-0.2, -0.15) is 0 Å². The summed E-state index contributed by atoms with van der Waals surface area (Å²) in [7, 11) is 4.15. The van der Waals surface area contributed by atoms with Gasteiger partial charge in [-0.15, -0.1) is 24.8 Å². The Morgan fingerprint density at radius 2 is 1.76 bits per heavy atom. The number of rotatable bonds is 4. The van der Waals surface area contributed by atoms with Gasteiger partial charge in [0.05, 0.1) is 32.5 Å². The number of carbonyl (C=O) groups excluding carboxylic acids is 1. The number of anilines is 1. The van der Waals surface area contributed by atoms with Crippen molar-refractivity contribution in [3.05, 3.63) is 46.1 Å². The van der Waals surface area contributed by atoms with Crippen molar-refractivity contribution in [2.45, 2.75) is 25.8 Å². The van der Waals surface area contributed by atoms with Crippen molar-refractivity contribution >= 4 is 70.5 Å². The van der Waals surface area contributed by atoms with Gasteiger partial charge in [-0.3, -0.25) is 9.78 Å². The smallest absolute Gasteiger partial charge is 0.163 e. The number of phenolic OH excluding ortho intramolecular Hbond substituents is 1. The summed E-state index contributed by atoms with van der Waals surface area (Å²) in [5, 5.41) is 10.2. The SMILES string of the molecule is CC(=O)c1cnc2ccc(-c3cc(Cl)c(O)c(Cl)c3)nc2c1N(C)C1CCN(C)CC1.Cl.Cl. The third-order valence-corrected chi connectivity index (χ3v) is 6.54. The second-order valence-electron chi connectivity index (χ2n) is 8.07. The lowest BCUT2D eigenvalue weighted by atomic mass is 10.0. The number of halogens is 4. The van der Waals surface area contributed by atoms with Crippen molar-refractivity contribution < 1.29 is 9.90 Å². The molecule has 2 aromatic heterocycles. The van der Waals surface area contributed by atoms with Crippen LogP contribution in [0, 0.1) is 0 Å². The van der Waals surface area contributed by atoms with E-state index < -0.39 is 0 Å². The molecule has 0 radical (unpaired) electrons. The summed E-state index contributed by atoms with van der Waals surface area (Å²) in [5.74, 6) is -0.205. The molecular formula is C23H26Cl4N4O2. The molecular weight excluding hydrogens is 506 g/mol. The summed E-state index contributed by atoms with van der Waals surface area (Å²) in [6, 6.07) is 7.27. The van der Waals surface area contributed by atoms with Gasteiger partial charge in [-0.25, -0.2) is 4.98 Å². The molecule has 0 aliphatic carbocycles. The number of fused-ring (bicyclic) bond motifs is 1. The highest BCUT2D eigenvalue weighted by atomic mass is 35.5. The van der Waals surface area contributed by atoms with Gasteiger partial charge < -0.3 is 14.9 Å². The van der Waals surface area contributed by atoms with Gasteiger partial charge in [0, 0.05) is 24.8 Å². The highest BCUT2D eigenvalue weighted by Gasteiger charge is 2.26. The van der Waals surface area contributed by atoms with Gasteiger partial charge in [0.25, 0.3) is 0 Å². The van der Waals surface area contributed by atoms with Gasteiger partial charge in [0.2, 0.25) is 0 Å². The van der Waals surface area contributed by atoms with E-state index in [-0.39, 0.29) is 46.4 Å². The molecule has 0 unspecified atom stereocenters. The summed E-state index contributed by atoms with van der Waals surface area (Å²) in [6.45, 7) is 3.57. The van der Waals surface area contributed by atoms with E-state index in [1.54, 1.807) is 25.3 Å². The van der Waals surface area contributed by atoms with Crippen LogP contribution in [-0.2, 0) is 0 Å². The average molecular weight is 532 g/mol. The molecule has 3 aromatic rings. The van der Waals surface area contributed by atoms with Crippen molar-refractivity contribution in [1.82, 2.24) is 14.9 Å². The van der Waals surface area contributed by atoms with E-state index in [1.807, 2.05) is 19.2 Å². The zero-order valence-corrected chi connectivity index (χ0v) is 21.7. The number of aromatic hydroxyl groups is 1. The van der Waals surface area contributed by atoms with Crippen molar-refractivity contribution in [3.8, 4) is 17.0 Å². The standard InChI is InChI=1S/C23H24Cl2N4O2.2ClH/c1-13(30)16-12-26-20-5-4-19(14-10-17(24)23(31)18(25)11-14)27-21(20)22(16)29(3)15-6-8-28(2)9-7-15;;/h4-5,10-12,15,31H,6-9H2,1-3H3;2*1H. The number of phenols is 1. The highest BCUT2D eigenvalue weighted by Crippen LogP contribution is 2.37. The normalized spacial score (nSPS) is 14.5. The number of Topliss-reactive ketones (excluding diaryl/α,β-unsaturated/α-hetero) is 1. The quantitative estimate of drug-likeness (QED) is 0.423. The minimum atomic E-state index is -0.156. The number of ketones is 1. The topological polar surface area (TPSA) is 69.6 Å². The minimum absolute atomic E-state index is 0. The fraction of sp³-hybridized carbons (Fsp3) is 0.348. The van der Waals surface area contributed by atoms with Crippen LogP contribution < -0.4 is 4.90 Å². The fourth-order valence-electron chi connectivity index (χ4n) is 4.11. The Bertz CT molecular complexity index is 1140. The predicted octanol–water partition coefficient (Wildman–Crippen LogP) is 5.89.